The molecule has 0 saturated heterocycles. The molecule has 0 aromatic rings. The van der Waals surface area contributed by atoms with E-state index < -0.39 is 0 Å². The van der Waals surface area contributed by atoms with Crippen LogP contribution in [-0.2, 0) is 0 Å². The molecule has 2 atom stereocenters. The summed E-state index contributed by atoms with van der Waals surface area (Å²) in [4.78, 5) is 10.2. The lowest BCUT2D eigenvalue weighted by Crippen LogP contribution is -2.54. The van der Waals surface area contributed by atoms with Gasteiger partial charge < -0.3 is 19.6 Å². The Hall–Kier alpha value is -1.32. The van der Waals surface area contributed by atoms with E-state index in [1.54, 1.807) is 0 Å². The molecule has 27 heavy (non-hydrogen) atoms. The van der Waals surface area contributed by atoms with E-state index in [0.717, 1.165) is 19.8 Å². The Morgan fingerprint density at radius 1 is 0.593 bits per heavy atom. The second kappa shape index (κ2) is 8.79. The van der Waals surface area contributed by atoms with Gasteiger partial charge >= 0.3 is 0 Å². The van der Waals surface area contributed by atoms with Crippen LogP contribution >= 0.6 is 0 Å². The molecule has 0 N–H and O–H groups in total. The molecule has 0 amide bonds. The van der Waals surface area contributed by atoms with Crippen LogP contribution in [0.15, 0.2) is 24.8 Å². The van der Waals surface area contributed by atoms with Crippen LogP contribution in [0.2, 0.25) is 0 Å². The van der Waals surface area contributed by atoms with Crippen LogP contribution in [0.1, 0.15) is 81.1 Å². The zero-order valence-corrected chi connectivity index (χ0v) is 19.2. The highest BCUT2D eigenvalue weighted by Gasteiger charge is 2.40. The topological polar surface area (TPSA) is 13.0 Å². The third kappa shape index (κ3) is 5.36. The molecule has 0 aromatic carbocycles. The molecule has 2 heterocycles. The second-order valence-electron chi connectivity index (χ2n) is 10.4. The first-order chi connectivity index (χ1) is 12.6. The van der Waals surface area contributed by atoms with Crippen molar-refractivity contribution in [3.63, 3.8) is 0 Å². The molecule has 4 nitrogen and oxygen atoms in total. The Morgan fingerprint density at radius 2 is 0.926 bits per heavy atom. The molecule has 0 bridgehead atoms. The fraction of sp³-hybridized carbons (Fsp3) is 0.826. The molecule has 0 fully saturated rings. The van der Waals surface area contributed by atoms with Crippen LogP contribution in [0.5, 0.6) is 0 Å². The molecular formula is C23H44N4. The van der Waals surface area contributed by atoms with Crippen LogP contribution in [0.3, 0.4) is 0 Å². The Labute approximate surface area is 168 Å². The zero-order valence-electron chi connectivity index (χ0n) is 19.2. The molecule has 2 aliphatic heterocycles. The van der Waals surface area contributed by atoms with Gasteiger partial charge in [-0.2, -0.15) is 0 Å². The van der Waals surface area contributed by atoms with Gasteiger partial charge in [-0.15, -0.1) is 0 Å². The van der Waals surface area contributed by atoms with E-state index in [4.69, 9.17) is 0 Å². The monoisotopic (exact) mass is 376 g/mol. The average molecular weight is 377 g/mol. The van der Waals surface area contributed by atoms with Crippen molar-refractivity contribution in [2.24, 2.45) is 10.8 Å². The standard InChI is InChI=1S/C23H44N4/c1-9-11-13-24-15-17-26(20(24)22(3,4)5)19-27-18-16-25(14-12-10-2)21(27)23(6,7)8/h15-18,20-21H,9-14,19H2,1-8H3. The van der Waals surface area contributed by atoms with E-state index >= 15 is 0 Å². The summed E-state index contributed by atoms with van der Waals surface area (Å²) in [7, 11) is 0. The molecule has 0 spiro atoms. The summed E-state index contributed by atoms with van der Waals surface area (Å²) >= 11 is 0. The molecule has 4 heteroatoms. The lowest BCUT2D eigenvalue weighted by Gasteiger charge is -2.46. The van der Waals surface area contributed by atoms with Crippen molar-refractivity contribution in [2.75, 3.05) is 19.8 Å². The van der Waals surface area contributed by atoms with Gasteiger partial charge in [-0.25, -0.2) is 0 Å². The quantitative estimate of drug-likeness (QED) is 0.557. The molecule has 2 unspecified atom stereocenters. The first kappa shape index (κ1) is 22.0. The molecular weight excluding hydrogens is 332 g/mol. The maximum atomic E-state index is 2.55. The second-order valence-corrected chi connectivity index (χ2v) is 10.4. The number of hydrogen-bond donors (Lipinski definition) is 0. The van der Waals surface area contributed by atoms with E-state index in [9.17, 15) is 0 Å². The Bertz CT molecular complexity index is 465. The van der Waals surface area contributed by atoms with Crippen molar-refractivity contribution in [3.8, 4) is 0 Å². The lowest BCUT2D eigenvalue weighted by molar-refractivity contribution is -0.0180. The van der Waals surface area contributed by atoms with E-state index in [-0.39, 0.29) is 10.8 Å². The average Bonchev–Trinajstić information content (AvgIpc) is 3.14. The van der Waals surface area contributed by atoms with Gasteiger partial charge in [0.05, 0.1) is 6.67 Å². The van der Waals surface area contributed by atoms with Crippen molar-refractivity contribution in [2.45, 2.75) is 93.4 Å². The first-order valence-electron chi connectivity index (χ1n) is 11.0. The third-order valence-electron chi connectivity index (χ3n) is 5.57. The minimum atomic E-state index is 0.208. The smallest absolute Gasteiger partial charge is 0.107 e. The minimum absolute atomic E-state index is 0.208. The maximum absolute atomic E-state index is 2.55. The highest BCUT2D eigenvalue weighted by molar-refractivity contribution is 5.05. The minimum Gasteiger partial charge on any atom is -0.355 e. The van der Waals surface area contributed by atoms with Gasteiger partial charge in [0.2, 0.25) is 0 Å². The van der Waals surface area contributed by atoms with Gasteiger partial charge in [-0.05, 0) is 12.8 Å². The number of rotatable bonds is 8. The van der Waals surface area contributed by atoms with Crippen molar-refractivity contribution in [3.05, 3.63) is 24.8 Å². The predicted octanol–water partition coefficient (Wildman–Crippen LogP) is 5.47. The van der Waals surface area contributed by atoms with Gasteiger partial charge in [-0.3, -0.25) is 0 Å². The zero-order chi connectivity index (χ0) is 20.2. The van der Waals surface area contributed by atoms with Crippen LogP contribution in [0.4, 0.5) is 0 Å². The van der Waals surface area contributed by atoms with Crippen molar-refractivity contribution >= 4 is 0 Å². The molecule has 0 saturated carbocycles. The van der Waals surface area contributed by atoms with Gasteiger partial charge in [0.15, 0.2) is 0 Å². The summed E-state index contributed by atoms with van der Waals surface area (Å²) in [6, 6.07) is 0. The Morgan fingerprint density at radius 3 is 1.22 bits per heavy atom. The third-order valence-corrected chi connectivity index (χ3v) is 5.57. The van der Waals surface area contributed by atoms with Gasteiger partial charge in [0.1, 0.15) is 12.3 Å². The van der Waals surface area contributed by atoms with Crippen LogP contribution in [0, 0.1) is 10.8 Å². The molecule has 156 valence electrons. The van der Waals surface area contributed by atoms with Gasteiger partial charge in [-0.1, -0.05) is 68.2 Å². The maximum Gasteiger partial charge on any atom is 0.107 e. The van der Waals surface area contributed by atoms with Crippen LogP contribution in [-0.4, -0.2) is 51.7 Å². The predicted molar refractivity (Wildman–Crippen MR) is 117 cm³/mol. The summed E-state index contributed by atoms with van der Waals surface area (Å²) < 4.78 is 0. The van der Waals surface area contributed by atoms with E-state index in [0.29, 0.717) is 12.3 Å². The van der Waals surface area contributed by atoms with Crippen LogP contribution in [0.25, 0.3) is 0 Å². The SMILES string of the molecule is CCCCN1C=CN(CN2C=CN(CCCC)C2C(C)(C)C)C1C(C)(C)C. The summed E-state index contributed by atoms with van der Waals surface area (Å²) in [5.74, 6) is 0. The van der Waals surface area contributed by atoms with E-state index in [2.05, 4.69) is 99.8 Å². The fourth-order valence-electron chi connectivity index (χ4n) is 4.55. The Kier molecular flexibility index (Phi) is 7.15. The normalized spacial score (nSPS) is 23.3. The number of hydrogen-bond acceptors (Lipinski definition) is 4. The summed E-state index contributed by atoms with van der Waals surface area (Å²) in [5, 5.41) is 0. The highest BCUT2D eigenvalue weighted by Crippen LogP contribution is 2.36. The number of unbranched alkanes of at least 4 members (excludes halogenated alkanes) is 2. The van der Waals surface area contributed by atoms with Gasteiger partial charge in [0.25, 0.3) is 0 Å². The summed E-state index contributed by atoms with van der Waals surface area (Å²) in [6.07, 6.45) is 15.1. The number of nitrogens with zero attached hydrogens (tertiary/aromatic N) is 4. The molecule has 0 aromatic heterocycles. The highest BCUT2D eigenvalue weighted by atomic mass is 15.5. The molecule has 2 aliphatic rings. The van der Waals surface area contributed by atoms with Crippen LogP contribution < -0.4 is 0 Å². The van der Waals surface area contributed by atoms with Crippen molar-refractivity contribution < 1.29 is 0 Å². The van der Waals surface area contributed by atoms with Crippen molar-refractivity contribution in [1.29, 1.82) is 0 Å². The Balaban J connectivity index is 2.13. The fourth-order valence-corrected chi connectivity index (χ4v) is 4.55. The molecule has 0 radical (unpaired) electrons. The van der Waals surface area contributed by atoms with Crippen molar-refractivity contribution in [1.82, 2.24) is 19.6 Å². The lowest BCUT2D eigenvalue weighted by atomic mass is 9.90. The molecule has 0 aliphatic carbocycles. The largest absolute Gasteiger partial charge is 0.355 e. The summed E-state index contributed by atoms with van der Waals surface area (Å²) in [6.45, 7) is 22.0. The summed E-state index contributed by atoms with van der Waals surface area (Å²) in [5.41, 5.74) is 0.416. The first-order valence-corrected chi connectivity index (χ1v) is 11.0. The van der Waals surface area contributed by atoms with E-state index in [1.165, 1.54) is 25.7 Å². The van der Waals surface area contributed by atoms with E-state index in [1.807, 2.05) is 0 Å². The molecule has 2 rings (SSSR count). The van der Waals surface area contributed by atoms with Gasteiger partial charge in [0, 0.05) is 48.7 Å².